The summed E-state index contributed by atoms with van der Waals surface area (Å²) in [5.41, 5.74) is 5.55. The molecule has 3 N–H and O–H groups in total. The first-order chi connectivity index (χ1) is 7.27. The zero-order valence-electron chi connectivity index (χ0n) is 9.03. The Balaban J connectivity index is 2.34. The quantitative estimate of drug-likeness (QED) is 0.776. The van der Waals surface area contributed by atoms with Crippen LogP contribution in [0.1, 0.15) is 24.6 Å². The van der Waals surface area contributed by atoms with Gasteiger partial charge in [-0.25, -0.2) is 0 Å². The molecule has 0 aliphatic heterocycles. The van der Waals surface area contributed by atoms with E-state index in [1.165, 1.54) is 4.88 Å². The molecule has 0 fully saturated rings. The molecule has 1 unspecified atom stereocenters. The van der Waals surface area contributed by atoms with E-state index in [0.29, 0.717) is 13.1 Å². The van der Waals surface area contributed by atoms with E-state index < -0.39 is 0 Å². The Morgan fingerprint density at radius 1 is 1.67 bits per heavy atom. The van der Waals surface area contributed by atoms with Gasteiger partial charge in [0, 0.05) is 11.4 Å². The van der Waals surface area contributed by atoms with Gasteiger partial charge in [0.1, 0.15) is 0 Å². The molecule has 1 amide bonds. The molecule has 0 bridgehead atoms. The summed E-state index contributed by atoms with van der Waals surface area (Å²) in [4.78, 5) is 12.8. The van der Waals surface area contributed by atoms with Gasteiger partial charge in [-0.05, 0) is 17.9 Å². The summed E-state index contributed by atoms with van der Waals surface area (Å²) in [6.07, 6.45) is 1.86. The highest BCUT2D eigenvalue weighted by Crippen LogP contribution is 2.09. The molecule has 4 heteroatoms. The molecule has 0 saturated heterocycles. The van der Waals surface area contributed by atoms with Gasteiger partial charge in [0.25, 0.3) is 0 Å². The second kappa shape index (κ2) is 6.58. The minimum Gasteiger partial charge on any atom is -0.351 e. The van der Waals surface area contributed by atoms with Gasteiger partial charge in [0.2, 0.25) is 5.91 Å². The molecule has 1 rings (SSSR count). The maximum atomic E-state index is 11.7. The summed E-state index contributed by atoms with van der Waals surface area (Å²) < 4.78 is 0. The van der Waals surface area contributed by atoms with Crippen LogP contribution in [0.3, 0.4) is 0 Å². The number of hydrogen-bond donors (Lipinski definition) is 2. The summed E-state index contributed by atoms with van der Waals surface area (Å²) in [5, 5.41) is 4.92. The third-order valence-corrected chi connectivity index (χ3v) is 3.19. The van der Waals surface area contributed by atoms with Crippen LogP contribution in [0.5, 0.6) is 0 Å². The Morgan fingerprint density at radius 3 is 3.00 bits per heavy atom. The third-order valence-electron chi connectivity index (χ3n) is 2.31. The Hall–Kier alpha value is -0.870. The molecule has 84 valence electrons. The highest BCUT2D eigenvalue weighted by Gasteiger charge is 2.14. The molecule has 3 nitrogen and oxygen atoms in total. The average Bonchev–Trinajstić information content (AvgIpc) is 2.75. The molecule has 1 heterocycles. The fourth-order valence-electron chi connectivity index (χ4n) is 1.44. The Bertz CT molecular complexity index is 285. The number of nitrogens with two attached hydrogens (primary N) is 1. The second-order valence-corrected chi connectivity index (χ2v) is 4.55. The van der Waals surface area contributed by atoms with E-state index in [2.05, 4.69) is 12.2 Å². The Morgan fingerprint density at radius 2 is 2.47 bits per heavy atom. The topological polar surface area (TPSA) is 55.1 Å². The monoisotopic (exact) mass is 226 g/mol. The van der Waals surface area contributed by atoms with Crippen molar-refractivity contribution in [2.75, 3.05) is 6.54 Å². The van der Waals surface area contributed by atoms with E-state index in [4.69, 9.17) is 5.73 Å². The highest BCUT2D eigenvalue weighted by molar-refractivity contribution is 7.09. The lowest BCUT2D eigenvalue weighted by Crippen LogP contribution is -2.34. The van der Waals surface area contributed by atoms with Crippen LogP contribution >= 0.6 is 11.3 Å². The zero-order chi connectivity index (χ0) is 11.1. The molecule has 0 saturated carbocycles. The molecule has 1 atom stereocenters. The van der Waals surface area contributed by atoms with Crippen LogP contribution in [0.4, 0.5) is 0 Å². The van der Waals surface area contributed by atoms with Gasteiger partial charge in [0.05, 0.1) is 12.5 Å². The minimum absolute atomic E-state index is 0.0324. The second-order valence-electron chi connectivity index (χ2n) is 3.52. The first-order valence-electron chi connectivity index (χ1n) is 5.28. The van der Waals surface area contributed by atoms with E-state index in [1.54, 1.807) is 11.3 Å². The van der Waals surface area contributed by atoms with E-state index in [0.717, 1.165) is 12.8 Å². The van der Waals surface area contributed by atoms with Gasteiger partial charge >= 0.3 is 0 Å². The van der Waals surface area contributed by atoms with Crippen molar-refractivity contribution in [3.8, 4) is 0 Å². The van der Waals surface area contributed by atoms with Gasteiger partial charge in [-0.3, -0.25) is 4.79 Å². The van der Waals surface area contributed by atoms with Crippen molar-refractivity contribution in [2.45, 2.75) is 26.3 Å². The van der Waals surface area contributed by atoms with E-state index in [-0.39, 0.29) is 11.8 Å². The molecule has 0 spiro atoms. The number of carbonyl (C=O) groups excluding carboxylic acids is 1. The van der Waals surface area contributed by atoms with Gasteiger partial charge in [0.15, 0.2) is 0 Å². The number of nitrogens with one attached hydrogen (secondary N) is 1. The van der Waals surface area contributed by atoms with Crippen LogP contribution in [0.25, 0.3) is 0 Å². The van der Waals surface area contributed by atoms with Crippen LogP contribution in [0, 0.1) is 5.92 Å². The SMILES string of the molecule is CCCC(CN)C(=O)NCc1cccs1. The minimum atomic E-state index is -0.0324. The third kappa shape index (κ3) is 4.01. The first-order valence-corrected chi connectivity index (χ1v) is 6.16. The molecule has 0 aliphatic rings. The van der Waals surface area contributed by atoms with Crippen LogP contribution in [0.2, 0.25) is 0 Å². The van der Waals surface area contributed by atoms with Crippen molar-refractivity contribution < 1.29 is 4.79 Å². The molecule has 0 radical (unpaired) electrons. The maximum Gasteiger partial charge on any atom is 0.224 e. The fraction of sp³-hybridized carbons (Fsp3) is 0.545. The van der Waals surface area contributed by atoms with E-state index in [1.807, 2.05) is 17.5 Å². The first kappa shape index (κ1) is 12.2. The molecule has 15 heavy (non-hydrogen) atoms. The zero-order valence-corrected chi connectivity index (χ0v) is 9.85. The average molecular weight is 226 g/mol. The molecular formula is C11H18N2OS. The summed E-state index contributed by atoms with van der Waals surface area (Å²) >= 11 is 1.65. The van der Waals surface area contributed by atoms with Crippen molar-refractivity contribution >= 4 is 17.2 Å². The van der Waals surface area contributed by atoms with Gasteiger partial charge in [-0.15, -0.1) is 11.3 Å². The lowest BCUT2D eigenvalue weighted by atomic mass is 10.0. The van der Waals surface area contributed by atoms with Crippen molar-refractivity contribution in [2.24, 2.45) is 11.7 Å². The van der Waals surface area contributed by atoms with Crippen LogP contribution in [-0.2, 0) is 11.3 Å². The highest BCUT2D eigenvalue weighted by atomic mass is 32.1. The maximum absolute atomic E-state index is 11.7. The standard InChI is InChI=1S/C11H18N2OS/c1-2-4-9(7-12)11(14)13-8-10-5-3-6-15-10/h3,5-6,9H,2,4,7-8,12H2,1H3,(H,13,14). The van der Waals surface area contributed by atoms with Gasteiger partial charge < -0.3 is 11.1 Å². The number of thiophene rings is 1. The Labute approximate surface area is 94.7 Å². The summed E-state index contributed by atoms with van der Waals surface area (Å²) in [5.74, 6) is 0.0442. The largest absolute Gasteiger partial charge is 0.351 e. The molecule has 0 aromatic carbocycles. The number of amides is 1. The predicted octanol–water partition coefficient (Wildman–Crippen LogP) is 1.74. The molecule has 1 aromatic rings. The van der Waals surface area contributed by atoms with Crippen molar-refractivity contribution in [1.82, 2.24) is 5.32 Å². The predicted molar refractivity (Wildman–Crippen MR) is 63.6 cm³/mol. The molecular weight excluding hydrogens is 208 g/mol. The van der Waals surface area contributed by atoms with Crippen LogP contribution < -0.4 is 11.1 Å². The lowest BCUT2D eigenvalue weighted by molar-refractivity contribution is -0.125. The van der Waals surface area contributed by atoms with Gasteiger partial charge in [-0.1, -0.05) is 19.4 Å². The van der Waals surface area contributed by atoms with E-state index >= 15 is 0 Å². The summed E-state index contributed by atoms with van der Waals surface area (Å²) in [6.45, 7) is 3.12. The lowest BCUT2D eigenvalue weighted by Gasteiger charge is -2.13. The number of carbonyl (C=O) groups is 1. The van der Waals surface area contributed by atoms with Crippen LogP contribution in [-0.4, -0.2) is 12.5 Å². The molecule has 1 aromatic heterocycles. The summed E-state index contributed by atoms with van der Waals surface area (Å²) in [7, 11) is 0. The summed E-state index contributed by atoms with van der Waals surface area (Å²) in [6, 6.07) is 4.00. The normalized spacial score (nSPS) is 12.4. The number of rotatable bonds is 6. The van der Waals surface area contributed by atoms with Crippen molar-refractivity contribution in [1.29, 1.82) is 0 Å². The van der Waals surface area contributed by atoms with Gasteiger partial charge in [-0.2, -0.15) is 0 Å². The van der Waals surface area contributed by atoms with Crippen molar-refractivity contribution in [3.63, 3.8) is 0 Å². The Kier molecular flexibility index (Phi) is 5.36. The van der Waals surface area contributed by atoms with Crippen molar-refractivity contribution in [3.05, 3.63) is 22.4 Å². The fourth-order valence-corrected chi connectivity index (χ4v) is 2.08. The number of hydrogen-bond acceptors (Lipinski definition) is 3. The molecule has 0 aliphatic carbocycles. The van der Waals surface area contributed by atoms with Crippen LogP contribution in [0.15, 0.2) is 17.5 Å². The van der Waals surface area contributed by atoms with E-state index in [9.17, 15) is 4.79 Å². The smallest absolute Gasteiger partial charge is 0.224 e.